The van der Waals surface area contributed by atoms with Crippen molar-refractivity contribution in [2.24, 2.45) is 10.9 Å². The third kappa shape index (κ3) is 5.61. The van der Waals surface area contributed by atoms with E-state index in [-0.39, 0.29) is 16.6 Å². The number of benzene rings is 1. The molecule has 1 saturated carbocycles. The van der Waals surface area contributed by atoms with Gasteiger partial charge in [0.1, 0.15) is 11.9 Å². The van der Waals surface area contributed by atoms with Gasteiger partial charge in [0.25, 0.3) is 15.9 Å². The molecule has 188 valence electrons. The van der Waals surface area contributed by atoms with Crippen LogP contribution in [-0.2, 0) is 21.2 Å². The molecule has 1 fully saturated rings. The van der Waals surface area contributed by atoms with Gasteiger partial charge in [-0.1, -0.05) is 56.8 Å². The quantitative estimate of drug-likeness (QED) is 0.476. The maximum Gasteiger partial charge on any atom is 0.296 e. The lowest BCUT2D eigenvalue weighted by molar-refractivity contribution is -0.123. The van der Waals surface area contributed by atoms with Gasteiger partial charge < -0.3 is 9.84 Å². The standard InChI is InChI=1S/C24H31N5O5S/c1-3-17(21(30)24-27-20(4-2)28-34-24)26-23(31)18(14-13-15-9-5-6-10-15)25-22-16-11-7-8-12-19(16)35(32,33)29-22/h7-8,11-12,15,17-18H,3-6,9-10,13-14H2,1-2H3,(H,25,29)(H,26,31)/t17-,18-/m0/s1. The van der Waals surface area contributed by atoms with Gasteiger partial charge in [0.05, 0.1) is 10.9 Å². The molecule has 0 unspecified atom stereocenters. The monoisotopic (exact) mass is 501 g/mol. The predicted octanol–water partition coefficient (Wildman–Crippen LogP) is 2.79. The minimum Gasteiger partial charge on any atom is -0.344 e. The van der Waals surface area contributed by atoms with Gasteiger partial charge in [-0.3, -0.25) is 19.3 Å². The lowest BCUT2D eigenvalue weighted by Gasteiger charge is -2.20. The maximum atomic E-state index is 13.4. The molecule has 4 rings (SSSR count). The average molecular weight is 502 g/mol. The third-order valence-corrected chi connectivity index (χ3v) is 8.01. The van der Waals surface area contributed by atoms with Crippen molar-refractivity contribution in [3.8, 4) is 0 Å². The molecule has 2 aromatic rings. The number of fused-ring (bicyclic) bond motifs is 1. The fourth-order valence-corrected chi connectivity index (χ4v) is 5.84. The molecule has 0 spiro atoms. The number of aromatic nitrogens is 2. The molecule has 10 nitrogen and oxygen atoms in total. The number of ketones is 1. The average Bonchev–Trinajstić information content (AvgIpc) is 3.60. The molecule has 2 N–H and O–H groups in total. The Morgan fingerprint density at radius 2 is 1.97 bits per heavy atom. The van der Waals surface area contributed by atoms with Gasteiger partial charge in [-0.25, -0.2) is 8.42 Å². The van der Waals surface area contributed by atoms with Crippen LogP contribution < -0.4 is 10.0 Å². The number of Topliss-reactive ketones (excluding diaryl/α,β-unsaturated/α-hetero) is 1. The number of hydrogen-bond acceptors (Lipinski definition) is 8. The minimum atomic E-state index is -3.73. The summed E-state index contributed by atoms with van der Waals surface area (Å²) in [5.74, 6) is 0.0584. The van der Waals surface area contributed by atoms with E-state index in [2.05, 4.69) is 25.2 Å². The highest BCUT2D eigenvalue weighted by molar-refractivity contribution is 7.90. The van der Waals surface area contributed by atoms with Crippen LogP contribution in [0.3, 0.4) is 0 Å². The highest BCUT2D eigenvalue weighted by atomic mass is 32.2. The molecule has 1 aromatic heterocycles. The number of carbonyl (C=O) groups excluding carboxylic acids is 2. The molecule has 0 radical (unpaired) electrons. The smallest absolute Gasteiger partial charge is 0.296 e. The van der Waals surface area contributed by atoms with Crippen LogP contribution in [0, 0.1) is 5.92 Å². The van der Waals surface area contributed by atoms with Crippen molar-refractivity contribution in [1.29, 1.82) is 0 Å². The maximum absolute atomic E-state index is 13.4. The summed E-state index contributed by atoms with van der Waals surface area (Å²) in [6, 6.07) is 4.84. The van der Waals surface area contributed by atoms with Gasteiger partial charge in [0.2, 0.25) is 11.7 Å². The molecular weight excluding hydrogens is 470 g/mol. The van der Waals surface area contributed by atoms with Crippen molar-refractivity contribution in [3.63, 3.8) is 0 Å². The fraction of sp³-hybridized carbons (Fsp3) is 0.542. The number of nitrogens with one attached hydrogen (secondary N) is 2. The van der Waals surface area contributed by atoms with E-state index in [9.17, 15) is 18.0 Å². The Bertz CT molecular complexity index is 1220. The van der Waals surface area contributed by atoms with Crippen molar-refractivity contribution < 1.29 is 22.5 Å². The number of aryl methyl sites for hydroxylation is 1. The number of aliphatic imine (C=N–C) groups is 1. The summed E-state index contributed by atoms with van der Waals surface area (Å²) in [7, 11) is -3.73. The van der Waals surface area contributed by atoms with Gasteiger partial charge in [-0.15, -0.1) is 0 Å². The van der Waals surface area contributed by atoms with E-state index >= 15 is 0 Å². The first-order valence-corrected chi connectivity index (χ1v) is 13.7. The third-order valence-electron chi connectivity index (χ3n) is 6.61. The van der Waals surface area contributed by atoms with E-state index in [0.29, 0.717) is 36.6 Å². The zero-order chi connectivity index (χ0) is 25.0. The number of amides is 1. The summed E-state index contributed by atoms with van der Waals surface area (Å²) in [6.45, 7) is 3.63. The van der Waals surface area contributed by atoms with Crippen LogP contribution in [0.25, 0.3) is 0 Å². The van der Waals surface area contributed by atoms with Crippen molar-refractivity contribution >= 4 is 27.5 Å². The summed E-state index contributed by atoms with van der Waals surface area (Å²) in [5.41, 5.74) is 0.437. The first-order chi connectivity index (χ1) is 16.8. The molecule has 1 aromatic carbocycles. The Kier molecular flexibility index (Phi) is 7.63. The number of carbonyl (C=O) groups is 2. The highest BCUT2D eigenvalue weighted by Crippen LogP contribution is 2.30. The number of sulfonamides is 1. The van der Waals surface area contributed by atoms with E-state index in [1.165, 1.54) is 18.9 Å². The Hall–Kier alpha value is -3.08. The van der Waals surface area contributed by atoms with Crippen molar-refractivity contribution in [3.05, 3.63) is 41.5 Å². The van der Waals surface area contributed by atoms with E-state index in [1.807, 2.05) is 6.92 Å². The summed E-state index contributed by atoms with van der Waals surface area (Å²) in [6.07, 6.45) is 6.71. The molecule has 35 heavy (non-hydrogen) atoms. The molecule has 1 aliphatic heterocycles. The normalized spacial score (nSPS) is 19.8. The van der Waals surface area contributed by atoms with Gasteiger partial charge in [-0.05, 0) is 37.3 Å². The SMILES string of the molecule is CCc1noc(C(=O)[C@H](CC)NC(=O)[C@H](CCC2CCCC2)N=C2NS(=O)(=O)c3ccccc32)n1. The van der Waals surface area contributed by atoms with Crippen molar-refractivity contribution in [1.82, 2.24) is 20.2 Å². The van der Waals surface area contributed by atoms with Crippen LogP contribution >= 0.6 is 0 Å². The molecule has 11 heteroatoms. The van der Waals surface area contributed by atoms with Crippen molar-refractivity contribution in [2.75, 3.05) is 0 Å². The lowest BCUT2D eigenvalue weighted by Crippen LogP contribution is -2.45. The molecular formula is C24H31N5O5S. The molecule has 0 bridgehead atoms. The largest absolute Gasteiger partial charge is 0.344 e. The summed E-state index contributed by atoms with van der Waals surface area (Å²) in [5, 5.41) is 6.54. The Labute approximate surface area is 205 Å². The van der Waals surface area contributed by atoms with E-state index in [1.54, 1.807) is 25.1 Å². The summed E-state index contributed by atoms with van der Waals surface area (Å²) >= 11 is 0. The van der Waals surface area contributed by atoms with Crippen LogP contribution in [-0.4, -0.2) is 48.2 Å². The molecule has 1 aliphatic carbocycles. The van der Waals surface area contributed by atoms with Crippen LogP contribution in [0.5, 0.6) is 0 Å². The van der Waals surface area contributed by atoms with E-state index in [0.717, 1.165) is 19.3 Å². The van der Waals surface area contributed by atoms with Gasteiger partial charge in [0, 0.05) is 12.0 Å². The Morgan fingerprint density at radius 3 is 2.66 bits per heavy atom. The molecule has 1 amide bonds. The zero-order valence-corrected chi connectivity index (χ0v) is 20.8. The van der Waals surface area contributed by atoms with Crippen molar-refractivity contribution in [2.45, 2.75) is 82.2 Å². The fourth-order valence-electron chi connectivity index (χ4n) is 4.60. The van der Waals surface area contributed by atoms with Gasteiger partial charge in [0.15, 0.2) is 5.82 Å². The number of amidine groups is 1. The first-order valence-electron chi connectivity index (χ1n) is 12.2. The number of rotatable bonds is 10. The second-order valence-electron chi connectivity index (χ2n) is 9.03. The molecule has 0 saturated heterocycles. The lowest BCUT2D eigenvalue weighted by atomic mass is 9.98. The number of nitrogens with zero attached hydrogens (tertiary/aromatic N) is 3. The van der Waals surface area contributed by atoms with Crippen LogP contribution in [0.4, 0.5) is 0 Å². The second-order valence-corrected chi connectivity index (χ2v) is 10.7. The second kappa shape index (κ2) is 10.7. The van der Waals surface area contributed by atoms with Crippen LogP contribution in [0.1, 0.15) is 80.9 Å². The van der Waals surface area contributed by atoms with E-state index in [4.69, 9.17) is 4.52 Å². The summed E-state index contributed by atoms with van der Waals surface area (Å²) in [4.78, 5) is 35.0. The first kappa shape index (κ1) is 25.0. The minimum absolute atomic E-state index is 0.137. The molecule has 2 heterocycles. The molecule has 2 aliphatic rings. The topological polar surface area (TPSA) is 144 Å². The highest BCUT2D eigenvalue weighted by Gasteiger charge is 2.33. The zero-order valence-electron chi connectivity index (χ0n) is 20.0. The van der Waals surface area contributed by atoms with Crippen LogP contribution in [0.15, 0.2) is 38.7 Å². The number of hydrogen-bond donors (Lipinski definition) is 2. The van der Waals surface area contributed by atoms with Crippen LogP contribution in [0.2, 0.25) is 0 Å². The Morgan fingerprint density at radius 1 is 1.23 bits per heavy atom. The van der Waals surface area contributed by atoms with Gasteiger partial charge in [-0.2, -0.15) is 4.98 Å². The Balaban J connectivity index is 1.56. The summed E-state index contributed by atoms with van der Waals surface area (Å²) < 4.78 is 32.6. The molecule has 2 atom stereocenters. The van der Waals surface area contributed by atoms with Gasteiger partial charge >= 0.3 is 0 Å². The predicted molar refractivity (Wildman–Crippen MR) is 129 cm³/mol. The van der Waals surface area contributed by atoms with E-state index < -0.39 is 33.8 Å².